The molecule has 0 atom stereocenters. The van der Waals surface area contributed by atoms with Crippen LogP contribution >= 0.6 is 11.6 Å². The Balaban J connectivity index is 2.96. The molecule has 0 radical (unpaired) electrons. The van der Waals surface area contributed by atoms with E-state index in [0.717, 1.165) is 0 Å². The Labute approximate surface area is 121 Å². The smallest absolute Gasteiger partial charge is 0.324 e. The van der Waals surface area contributed by atoms with Gasteiger partial charge in [0.05, 0.1) is 5.88 Å². The third-order valence-corrected chi connectivity index (χ3v) is 3.56. The number of hydrogen-bond donors (Lipinski definition) is 0. The summed E-state index contributed by atoms with van der Waals surface area (Å²) in [6, 6.07) is 0. The summed E-state index contributed by atoms with van der Waals surface area (Å²) in [6.07, 6.45) is 0. The Kier molecular flexibility index (Phi) is 4.04. The molecule has 0 saturated carbocycles. The molecule has 2 rings (SSSR count). The number of rotatable bonds is 4. The molecule has 0 bridgehead atoms. The van der Waals surface area contributed by atoms with Gasteiger partial charge in [0.1, 0.15) is 5.82 Å². The second-order valence-electron chi connectivity index (χ2n) is 5.23. The summed E-state index contributed by atoms with van der Waals surface area (Å²) in [6.45, 7) is 6.69. The van der Waals surface area contributed by atoms with E-state index >= 15 is 0 Å². The lowest BCUT2D eigenvalue weighted by Crippen LogP contribution is -2.40. The van der Waals surface area contributed by atoms with Crippen LogP contribution in [0.3, 0.4) is 0 Å². The number of aromatic nitrogens is 4. The maximum Gasteiger partial charge on any atom is 0.332 e. The second-order valence-corrected chi connectivity index (χ2v) is 5.50. The summed E-state index contributed by atoms with van der Waals surface area (Å²) in [4.78, 5) is 29.2. The van der Waals surface area contributed by atoms with Crippen LogP contribution in [0.1, 0.15) is 26.6 Å². The number of fused-ring (bicyclic) bond motifs is 1. The van der Waals surface area contributed by atoms with Gasteiger partial charge in [-0.25, -0.2) is 9.78 Å². The molecule has 0 spiro atoms. The van der Waals surface area contributed by atoms with Gasteiger partial charge in [-0.3, -0.25) is 13.9 Å². The van der Waals surface area contributed by atoms with E-state index in [9.17, 15) is 9.59 Å². The fourth-order valence-corrected chi connectivity index (χ4v) is 2.57. The number of halogens is 1. The molecule has 0 fully saturated rings. The molecule has 0 aliphatic carbocycles. The van der Waals surface area contributed by atoms with Crippen molar-refractivity contribution in [1.82, 2.24) is 18.7 Å². The first-order valence-corrected chi connectivity index (χ1v) is 7.20. The van der Waals surface area contributed by atoms with Gasteiger partial charge >= 0.3 is 5.69 Å². The quantitative estimate of drug-likeness (QED) is 0.800. The first-order valence-electron chi connectivity index (χ1n) is 6.67. The van der Waals surface area contributed by atoms with Crippen LogP contribution in [0.4, 0.5) is 0 Å². The van der Waals surface area contributed by atoms with Gasteiger partial charge in [-0.05, 0) is 12.8 Å². The predicted molar refractivity (Wildman–Crippen MR) is 79.3 cm³/mol. The van der Waals surface area contributed by atoms with Crippen LogP contribution in [0.5, 0.6) is 0 Å². The Morgan fingerprint density at radius 1 is 1.25 bits per heavy atom. The zero-order chi connectivity index (χ0) is 15.0. The van der Waals surface area contributed by atoms with Crippen molar-refractivity contribution in [1.29, 1.82) is 0 Å². The minimum Gasteiger partial charge on any atom is -0.324 e. The third kappa shape index (κ3) is 2.18. The average molecular weight is 299 g/mol. The van der Waals surface area contributed by atoms with E-state index in [1.54, 1.807) is 23.1 Å². The summed E-state index contributed by atoms with van der Waals surface area (Å²) >= 11 is 5.85. The SMILES string of the molecule is CCn1c(=O)c2c(nc(CCl)n2C)n(CC(C)C)c1=O. The maximum absolute atomic E-state index is 12.4. The molecule has 0 N–H and O–H groups in total. The molecular weight excluding hydrogens is 280 g/mol. The predicted octanol–water partition coefficient (Wildman–Crippen LogP) is 1.31. The van der Waals surface area contributed by atoms with E-state index in [1.807, 2.05) is 13.8 Å². The highest BCUT2D eigenvalue weighted by Gasteiger charge is 2.19. The van der Waals surface area contributed by atoms with Crippen molar-refractivity contribution in [2.75, 3.05) is 0 Å². The van der Waals surface area contributed by atoms with E-state index in [0.29, 0.717) is 30.1 Å². The van der Waals surface area contributed by atoms with Crippen LogP contribution in [-0.2, 0) is 26.0 Å². The largest absolute Gasteiger partial charge is 0.332 e. The highest BCUT2D eigenvalue weighted by Crippen LogP contribution is 2.12. The molecular formula is C13H19ClN4O2. The molecule has 0 unspecified atom stereocenters. The van der Waals surface area contributed by atoms with Gasteiger partial charge in [-0.1, -0.05) is 13.8 Å². The maximum atomic E-state index is 12.4. The van der Waals surface area contributed by atoms with Crippen LogP contribution in [0.2, 0.25) is 0 Å². The summed E-state index contributed by atoms with van der Waals surface area (Å²) in [7, 11) is 1.75. The van der Waals surface area contributed by atoms with Crippen LogP contribution in [0, 0.1) is 5.92 Å². The molecule has 0 amide bonds. The van der Waals surface area contributed by atoms with Gasteiger partial charge in [0.2, 0.25) is 0 Å². The fraction of sp³-hybridized carbons (Fsp3) is 0.615. The number of nitrogens with zero attached hydrogens (tertiary/aromatic N) is 4. The lowest BCUT2D eigenvalue weighted by atomic mass is 10.2. The van der Waals surface area contributed by atoms with E-state index in [-0.39, 0.29) is 23.0 Å². The number of hydrogen-bond acceptors (Lipinski definition) is 3. The second kappa shape index (κ2) is 5.44. The minimum atomic E-state index is -0.307. The van der Waals surface area contributed by atoms with Crippen molar-refractivity contribution in [2.45, 2.75) is 39.7 Å². The van der Waals surface area contributed by atoms with Gasteiger partial charge in [0.15, 0.2) is 11.2 Å². The molecule has 0 saturated heterocycles. The summed E-state index contributed by atoms with van der Waals surface area (Å²) < 4.78 is 4.48. The standard InChI is InChI=1S/C13H19ClN4O2/c1-5-17-12(19)10-11(15-9(6-14)16(10)4)18(13(17)20)7-8(2)3/h8H,5-7H2,1-4H3. The van der Waals surface area contributed by atoms with E-state index in [1.165, 1.54) is 4.57 Å². The number of aryl methyl sites for hydroxylation is 1. The highest BCUT2D eigenvalue weighted by molar-refractivity contribution is 6.16. The Morgan fingerprint density at radius 2 is 1.90 bits per heavy atom. The van der Waals surface area contributed by atoms with Crippen LogP contribution < -0.4 is 11.2 Å². The van der Waals surface area contributed by atoms with Crippen molar-refractivity contribution in [3.05, 3.63) is 26.7 Å². The molecule has 0 aliphatic rings. The van der Waals surface area contributed by atoms with Crippen LogP contribution in [0.15, 0.2) is 9.59 Å². The zero-order valence-electron chi connectivity index (χ0n) is 12.2. The zero-order valence-corrected chi connectivity index (χ0v) is 12.9. The molecule has 20 heavy (non-hydrogen) atoms. The lowest BCUT2D eigenvalue weighted by molar-refractivity contribution is 0.491. The first kappa shape index (κ1) is 14.8. The van der Waals surface area contributed by atoms with Gasteiger partial charge in [-0.15, -0.1) is 11.6 Å². The third-order valence-electron chi connectivity index (χ3n) is 3.32. The van der Waals surface area contributed by atoms with Gasteiger partial charge in [-0.2, -0.15) is 0 Å². The molecule has 2 aromatic heterocycles. The van der Waals surface area contributed by atoms with Crippen molar-refractivity contribution >= 4 is 22.8 Å². The molecule has 7 heteroatoms. The van der Waals surface area contributed by atoms with Crippen molar-refractivity contribution < 1.29 is 0 Å². The highest BCUT2D eigenvalue weighted by atomic mass is 35.5. The Bertz CT molecular complexity index is 754. The monoisotopic (exact) mass is 298 g/mol. The normalized spacial score (nSPS) is 11.7. The molecule has 110 valence electrons. The summed E-state index contributed by atoms with van der Waals surface area (Å²) in [5, 5.41) is 0. The summed E-state index contributed by atoms with van der Waals surface area (Å²) in [5.74, 6) is 1.07. The number of alkyl halides is 1. The topological polar surface area (TPSA) is 61.8 Å². The van der Waals surface area contributed by atoms with E-state index in [2.05, 4.69) is 4.98 Å². The van der Waals surface area contributed by atoms with E-state index < -0.39 is 0 Å². The van der Waals surface area contributed by atoms with Crippen molar-refractivity contribution in [2.24, 2.45) is 13.0 Å². The minimum absolute atomic E-state index is 0.201. The molecule has 0 aliphatic heterocycles. The fourth-order valence-electron chi connectivity index (χ4n) is 2.34. The van der Waals surface area contributed by atoms with Gasteiger partial charge < -0.3 is 4.57 Å². The first-order chi connectivity index (χ1) is 9.42. The molecule has 2 heterocycles. The number of imidazole rings is 1. The average Bonchev–Trinajstić information content (AvgIpc) is 2.72. The Hall–Kier alpha value is -1.56. The molecule has 0 aromatic carbocycles. The van der Waals surface area contributed by atoms with Crippen LogP contribution in [0.25, 0.3) is 11.2 Å². The van der Waals surface area contributed by atoms with Crippen molar-refractivity contribution in [3.8, 4) is 0 Å². The lowest BCUT2D eigenvalue weighted by Gasteiger charge is -2.12. The van der Waals surface area contributed by atoms with Gasteiger partial charge in [0, 0.05) is 20.1 Å². The molecule has 2 aromatic rings. The molecule has 6 nitrogen and oxygen atoms in total. The Morgan fingerprint density at radius 3 is 2.40 bits per heavy atom. The van der Waals surface area contributed by atoms with Gasteiger partial charge in [0.25, 0.3) is 5.56 Å². The summed E-state index contributed by atoms with van der Waals surface area (Å²) in [5.41, 5.74) is 0.246. The van der Waals surface area contributed by atoms with E-state index in [4.69, 9.17) is 11.6 Å². The van der Waals surface area contributed by atoms with Crippen molar-refractivity contribution in [3.63, 3.8) is 0 Å². The van der Waals surface area contributed by atoms with Crippen LogP contribution in [-0.4, -0.2) is 18.7 Å².